The maximum Gasteiger partial charge on any atom is 0.333 e. The highest BCUT2D eigenvalue weighted by atomic mass is 16.6. The SMILES string of the molecule is C/C=C(\C)C(=O)O[C@@H]1[C@@H](O)[C@H]2[C@@H](CC=C3C[C@@H](O)CC[C@@]32C)[C@@]2(O)CC[C@H]([C@H](C)O)[C@@]12C. The summed E-state index contributed by atoms with van der Waals surface area (Å²) >= 11 is 0. The van der Waals surface area contributed by atoms with Crippen molar-refractivity contribution in [1.82, 2.24) is 0 Å². The highest BCUT2D eigenvalue weighted by Gasteiger charge is 2.74. The molecule has 6 nitrogen and oxygen atoms in total. The maximum absolute atomic E-state index is 12.9. The average molecular weight is 449 g/mol. The van der Waals surface area contributed by atoms with Gasteiger partial charge in [-0.2, -0.15) is 0 Å². The Hall–Kier alpha value is -1.21. The van der Waals surface area contributed by atoms with E-state index in [0.29, 0.717) is 37.7 Å². The Morgan fingerprint density at radius 3 is 2.56 bits per heavy atom. The molecule has 6 heteroatoms. The van der Waals surface area contributed by atoms with Gasteiger partial charge < -0.3 is 25.2 Å². The second-order valence-electron chi connectivity index (χ2n) is 11.3. The van der Waals surface area contributed by atoms with Crippen molar-refractivity contribution in [3.05, 3.63) is 23.3 Å². The lowest BCUT2D eigenvalue weighted by molar-refractivity contribution is -0.275. The third-order valence-corrected chi connectivity index (χ3v) is 9.97. The molecule has 4 N–H and O–H groups in total. The van der Waals surface area contributed by atoms with Gasteiger partial charge in [0, 0.05) is 16.9 Å². The van der Waals surface area contributed by atoms with E-state index in [-0.39, 0.29) is 29.3 Å². The van der Waals surface area contributed by atoms with Gasteiger partial charge in [0.05, 0.1) is 23.9 Å². The molecule has 0 radical (unpaired) electrons. The summed E-state index contributed by atoms with van der Waals surface area (Å²) in [5.41, 5.74) is -0.921. The number of fused-ring (bicyclic) bond motifs is 5. The molecule has 0 spiro atoms. The number of esters is 1. The summed E-state index contributed by atoms with van der Waals surface area (Å²) in [6.45, 7) is 9.20. The molecule has 0 aromatic rings. The van der Waals surface area contributed by atoms with Gasteiger partial charge in [0.1, 0.15) is 6.10 Å². The van der Waals surface area contributed by atoms with E-state index in [1.54, 1.807) is 26.8 Å². The first-order valence-corrected chi connectivity index (χ1v) is 12.2. The van der Waals surface area contributed by atoms with E-state index in [1.165, 1.54) is 0 Å². The molecule has 0 saturated heterocycles. The summed E-state index contributed by atoms with van der Waals surface area (Å²) in [7, 11) is 0. The van der Waals surface area contributed by atoms with Crippen LogP contribution in [0.2, 0.25) is 0 Å². The van der Waals surface area contributed by atoms with Crippen molar-refractivity contribution in [2.45, 2.75) is 103 Å². The molecule has 0 aromatic carbocycles. The van der Waals surface area contributed by atoms with Crippen molar-refractivity contribution >= 4 is 5.97 Å². The zero-order valence-electron chi connectivity index (χ0n) is 20.0. The van der Waals surface area contributed by atoms with Gasteiger partial charge in [0.25, 0.3) is 0 Å². The van der Waals surface area contributed by atoms with E-state index < -0.39 is 35.3 Å². The first-order chi connectivity index (χ1) is 14.9. The van der Waals surface area contributed by atoms with Gasteiger partial charge in [-0.15, -0.1) is 0 Å². The van der Waals surface area contributed by atoms with Crippen LogP contribution >= 0.6 is 0 Å². The summed E-state index contributed by atoms with van der Waals surface area (Å²) in [6.07, 6.45) is 4.57. The lowest BCUT2D eigenvalue weighted by Crippen LogP contribution is -2.72. The fourth-order valence-electron chi connectivity index (χ4n) is 7.99. The Morgan fingerprint density at radius 1 is 1.25 bits per heavy atom. The summed E-state index contributed by atoms with van der Waals surface area (Å²) in [5.74, 6) is -1.28. The van der Waals surface area contributed by atoms with Crippen molar-refractivity contribution in [3.8, 4) is 0 Å². The number of carbonyl (C=O) groups excluding carboxylic acids is 1. The molecule has 180 valence electrons. The number of allylic oxidation sites excluding steroid dienone is 2. The Bertz CT molecular complexity index is 832. The van der Waals surface area contributed by atoms with E-state index in [9.17, 15) is 25.2 Å². The predicted octanol–water partition coefficient (Wildman–Crippen LogP) is 2.88. The van der Waals surface area contributed by atoms with Crippen molar-refractivity contribution in [2.75, 3.05) is 0 Å². The largest absolute Gasteiger partial charge is 0.456 e. The first-order valence-electron chi connectivity index (χ1n) is 12.2. The first kappa shape index (κ1) is 23.9. The molecule has 3 fully saturated rings. The van der Waals surface area contributed by atoms with Crippen molar-refractivity contribution in [2.24, 2.45) is 28.6 Å². The van der Waals surface area contributed by atoms with Gasteiger partial charge in [-0.25, -0.2) is 4.79 Å². The van der Waals surface area contributed by atoms with Gasteiger partial charge in [-0.05, 0) is 76.5 Å². The molecule has 32 heavy (non-hydrogen) atoms. The topological polar surface area (TPSA) is 107 Å². The van der Waals surface area contributed by atoms with Crippen LogP contribution in [-0.4, -0.2) is 56.4 Å². The summed E-state index contributed by atoms with van der Waals surface area (Å²) in [6, 6.07) is 0. The van der Waals surface area contributed by atoms with Crippen LogP contribution in [0, 0.1) is 28.6 Å². The number of aliphatic hydroxyl groups excluding tert-OH is 3. The van der Waals surface area contributed by atoms with Crippen LogP contribution in [0.3, 0.4) is 0 Å². The van der Waals surface area contributed by atoms with Crippen molar-refractivity contribution in [1.29, 1.82) is 0 Å². The lowest BCUT2D eigenvalue weighted by atomic mass is 9.44. The van der Waals surface area contributed by atoms with Gasteiger partial charge in [0.2, 0.25) is 0 Å². The molecule has 0 bridgehead atoms. The summed E-state index contributed by atoms with van der Waals surface area (Å²) in [5, 5.41) is 45.1. The number of ether oxygens (including phenoxy) is 1. The van der Waals surface area contributed by atoms with E-state index >= 15 is 0 Å². The number of carbonyl (C=O) groups is 1. The lowest BCUT2D eigenvalue weighted by Gasteiger charge is -2.64. The van der Waals surface area contributed by atoms with Crippen LogP contribution in [0.25, 0.3) is 0 Å². The second kappa shape index (κ2) is 7.93. The fourth-order valence-corrected chi connectivity index (χ4v) is 7.99. The Kier molecular flexibility index (Phi) is 5.93. The third-order valence-electron chi connectivity index (χ3n) is 9.97. The second-order valence-corrected chi connectivity index (χ2v) is 11.3. The van der Waals surface area contributed by atoms with Crippen LogP contribution in [0.15, 0.2) is 23.3 Å². The highest BCUT2D eigenvalue weighted by Crippen LogP contribution is 2.68. The summed E-state index contributed by atoms with van der Waals surface area (Å²) < 4.78 is 6.02. The van der Waals surface area contributed by atoms with Crippen LogP contribution in [0.4, 0.5) is 0 Å². The predicted molar refractivity (Wildman–Crippen MR) is 120 cm³/mol. The smallest absolute Gasteiger partial charge is 0.333 e. The zero-order chi connectivity index (χ0) is 23.6. The van der Waals surface area contributed by atoms with Crippen molar-refractivity contribution in [3.63, 3.8) is 0 Å². The minimum atomic E-state index is -1.17. The minimum Gasteiger partial charge on any atom is -0.456 e. The molecule has 4 rings (SSSR count). The third kappa shape index (κ3) is 3.09. The van der Waals surface area contributed by atoms with Gasteiger partial charge in [-0.1, -0.05) is 31.6 Å². The Morgan fingerprint density at radius 2 is 1.94 bits per heavy atom. The minimum absolute atomic E-state index is 0.201. The van der Waals surface area contributed by atoms with Crippen LogP contribution < -0.4 is 0 Å². The monoisotopic (exact) mass is 448 g/mol. The molecule has 0 amide bonds. The molecule has 3 saturated carbocycles. The molecular formula is C26H40O6. The molecule has 4 aliphatic rings. The molecule has 0 unspecified atom stereocenters. The Labute approximate surface area is 191 Å². The van der Waals surface area contributed by atoms with Crippen LogP contribution in [0.5, 0.6) is 0 Å². The molecular weight excluding hydrogens is 408 g/mol. The van der Waals surface area contributed by atoms with Gasteiger partial charge >= 0.3 is 5.97 Å². The quantitative estimate of drug-likeness (QED) is 0.300. The standard InChI is InChI=1S/C26H40O6/c1-6-14(2)23(30)32-22-21(29)20-19(8-7-16-13-17(28)9-11-24(16,20)4)26(31)12-10-18(15(3)27)25(22,26)5/h6-7,15,17-22,27-29,31H,8-13H2,1-5H3/b14-6+/t15-,17-,18+,19+,20+,21-,22+,24-,25-,26-/m0/s1. The number of hydrogen-bond donors (Lipinski definition) is 4. The summed E-state index contributed by atoms with van der Waals surface area (Å²) in [4.78, 5) is 12.9. The zero-order valence-corrected chi connectivity index (χ0v) is 20.0. The van der Waals surface area contributed by atoms with E-state index in [4.69, 9.17) is 4.74 Å². The highest BCUT2D eigenvalue weighted by molar-refractivity contribution is 5.87. The molecule has 4 aliphatic carbocycles. The van der Waals surface area contributed by atoms with Crippen molar-refractivity contribution < 1.29 is 30.0 Å². The number of hydrogen-bond acceptors (Lipinski definition) is 6. The number of aliphatic hydroxyl groups is 4. The van der Waals surface area contributed by atoms with E-state index in [0.717, 1.165) is 12.0 Å². The van der Waals surface area contributed by atoms with E-state index in [1.807, 2.05) is 6.92 Å². The molecule has 0 heterocycles. The molecule has 0 aromatic heterocycles. The molecule has 0 aliphatic heterocycles. The van der Waals surface area contributed by atoms with E-state index in [2.05, 4.69) is 13.0 Å². The van der Waals surface area contributed by atoms with Gasteiger partial charge in [-0.3, -0.25) is 0 Å². The fraction of sp³-hybridized carbons (Fsp3) is 0.808. The maximum atomic E-state index is 12.9. The van der Waals surface area contributed by atoms with Crippen LogP contribution in [-0.2, 0) is 9.53 Å². The Balaban J connectivity index is 1.84. The number of rotatable bonds is 3. The molecule has 10 atom stereocenters. The average Bonchev–Trinajstić information content (AvgIpc) is 3.02. The normalized spacial score (nSPS) is 49.4. The van der Waals surface area contributed by atoms with Gasteiger partial charge in [0.15, 0.2) is 0 Å². The van der Waals surface area contributed by atoms with Crippen LogP contribution in [0.1, 0.15) is 73.1 Å².